The molecule has 0 aromatic heterocycles. The summed E-state index contributed by atoms with van der Waals surface area (Å²) in [4.78, 5) is 27.8. The number of carbonyl (C=O) groups excluding carboxylic acids is 2. The van der Waals surface area contributed by atoms with Crippen LogP contribution < -0.4 is 14.4 Å². The van der Waals surface area contributed by atoms with E-state index in [4.69, 9.17) is 4.74 Å². The van der Waals surface area contributed by atoms with E-state index < -0.39 is 34.3 Å². The molecule has 0 aliphatic rings. The summed E-state index contributed by atoms with van der Waals surface area (Å²) < 4.78 is 45.8. The average Bonchev–Trinajstić information content (AvgIpc) is 2.93. The topological polar surface area (TPSA) is 96.0 Å². The number of hydrogen-bond donors (Lipinski definition) is 1. The third kappa shape index (κ3) is 9.08. The number of rotatable bonds is 13. The van der Waals surface area contributed by atoms with Crippen molar-refractivity contribution in [1.82, 2.24) is 10.2 Å². The molecule has 1 N–H and O–H groups in total. The number of nitrogens with one attached hydrogen (secondary N) is 1. The van der Waals surface area contributed by atoms with E-state index in [2.05, 4.69) is 5.32 Å². The maximum Gasteiger partial charge on any atom is 0.244 e. The van der Waals surface area contributed by atoms with Crippen LogP contribution in [0.1, 0.15) is 31.9 Å². The Morgan fingerprint density at radius 3 is 2.10 bits per heavy atom. The van der Waals surface area contributed by atoms with Crippen LogP contribution in [0.2, 0.25) is 0 Å². The number of nitrogens with zero attached hydrogens (tertiary/aromatic N) is 2. The van der Waals surface area contributed by atoms with Crippen molar-refractivity contribution in [2.24, 2.45) is 5.92 Å². The van der Waals surface area contributed by atoms with Gasteiger partial charge in [0.25, 0.3) is 0 Å². The first kappa shape index (κ1) is 30.6. The van der Waals surface area contributed by atoms with Crippen molar-refractivity contribution in [1.29, 1.82) is 0 Å². The predicted molar refractivity (Wildman–Crippen MR) is 154 cm³/mol. The van der Waals surface area contributed by atoms with Gasteiger partial charge in [0, 0.05) is 13.1 Å². The standard InChI is InChI=1S/C30H36FN3O5S/c1-22(2)18-32-30(36)23(3)33(19-24-10-12-26(31)13-11-24)29(35)20-34(40(4,37)38)27-14-16-28(17-15-27)39-21-25-8-6-5-7-9-25/h5-17,22-23H,18-21H2,1-4H3,(H,32,36)/t23-/m0/s1. The maximum absolute atomic E-state index is 13.6. The zero-order chi connectivity index (χ0) is 29.3. The molecule has 0 spiro atoms. The molecule has 3 rings (SSSR count). The SMILES string of the molecule is CC(C)CNC(=O)[C@H](C)N(Cc1ccc(F)cc1)C(=O)CN(c1ccc(OCc2ccccc2)cc1)S(C)(=O)=O. The maximum atomic E-state index is 13.6. The van der Waals surface area contributed by atoms with Gasteiger partial charge in [0.1, 0.15) is 30.8 Å². The van der Waals surface area contributed by atoms with Crippen LogP contribution in [0.5, 0.6) is 5.75 Å². The van der Waals surface area contributed by atoms with Crippen LogP contribution >= 0.6 is 0 Å². The number of anilines is 1. The van der Waals surface area contributed by atoms with Crippen LogP contribution in [0.15, 0.2) is 78.9 Å². The Bertz CT molecular complexity index is 1360. The molecule has 40 heavy (non-hydrogen) atoms. The summed E-state index contributed by atoms with van der Waals surface area (Å²) in [6.45, 7) is 5.74. The Kier molecular flexibility index (Phi) is 10.7. The van der Waals surface area contributed by atoms with E-state index >= 15 is 0 Å². The largest absolute Gasteiger partial charge is 0.489 e. The number of benzene rings is 3. The molecule has 0 saturated heterocycles. The molecule has 2 amide bonds. The van der Waals surface area contributed by atoms with Gasteiger partial charge in [0.2, 0.25) is 21.8 Å². The summed E-state index contributed by atoms with van der Waals surface area (Å²) in [5.74, 6) is -0.622. The molecule has 0 radical (unpaired) electrons. The minimum absolute atomic E-state index is 0.000750. The lowest BCUT2D eigenvalue weighted by Gasteiger charge is -2.31. The van der Waals surface area contributed by atoms with E-state index in [1.807, 2.05) is 44.2 Å². The van der Waals surface area contributed by atoms with E-state index in [-0.39, 0.29) is 24.1 Å². The van der Waals surface area contributed by atoms with Crippen LogP contribution in [0.3, 0.4) is 0 Å². The average molecular weight is 570 g/mol. The van der Waals surface area contributed by atoms with Gasteiger partial charge in [-0.3, -0.25) is 13.9 Å². The summed E-state index contributed by atoms with van der Waals surface area (Å²) >= 11 is 0. The molecule has 1 atom stereocenters. The fourth-order valence-electron chi connectivity index (χ4n) is 3.88. The number of sulfonamides is 1. The lowest BCUT2D eigenvalue weighted by Crippen LogP contribution is -2.51. The molecular weight excluding hydrogens is 533 g/mol. The number of carbonyl (C=O) groups is 2. The highest BCUT2D eigenvalue weighted by Gasteiger charge is 2.30. The fraction of sp³-hybridized carbons (Fsp3) is 0.333. The summed E-state index contributed by atoms with van der Waals surface area (Å²) in [7, 11) is -3.87. The van der Waals surface area contributed by atoms with Crippen LogP contribution in [0.4, 0.5) is 10.1 Å². The Labute approximate surface area is 235 Å². The number of halogens is 1. The van der Waals surface area contributed by atoms with Crippen molar-refractivity contribution >= 4 is 27.5 Å². The van der Waals surface area contributed by atoms with Gasteiger partial charge in [0.15, 0.2) is 0 Å². The first-order chi connectivity index (χ1) is 18.9. The lowest BCUT2D eigenvalue weighted by atomic mass is 10.1. The lowest BCUT2D eigenvalue weighted by molar-refractivity contribution is -0.139. The summed E-state index contributed by atoms with van der Waals surface area (Å²) in [6.07, 6.45) is 1.02. The first-order valence-electron chi connectivity index (χ1n) is 13.0. The van der Waals surface area contributed by atoms with Crippen molar-refractivity contribution in [2.75, 3.05) is 23.7 Å². The van der Waals surface area contributed by atoms with Crippen LogP contribution in [0, 0.1) is 11.7 Å². The third-order valence-corrected chi connectivity index (χ3v) is 7.31. The van der Waals surface area contributed by atoms with E-state index in [1.54, 1.807) is 31.2 Å². The molecule has 3 aromatic rings. The van der Waals surface area contributed by atoms with Crippen molar-refractivity contribution in [3.05, 3.63) is 95.8 Å². The van der Waals surface area contributed by atoms with E-state index in [0.717, 1.165) is 16.1 Å². The van der Waals surface area contributed by atoms with Crippen molar-refractivity contribution in [2.45, 2.75) is 40.0 Å². The van der Waals surface area contributed by atoms with Gasteiger partial charge >= 0.3 is 0 Å². The van der Waals surface area contributed by atoms with Gasteiger partial charge in [-0.15, -0.1) is 0 Å². The molecule has 0 saturated carbocycles. The zero-order valence-corrected chi connectivity index (χ0v) is 24.0. The van der Waals surface area contributed by atoms with Gasteiger partial charge in [-0.25, -0.2) is 12.8 Å². The van der Waals surface area contributed by atoms with E-state index in [1.165, 1.54) is 29.2 Å². The second-order valence-corrected chi connectivity index (χ2v) is 11.9. The van der Waals surface area contributed by atoms with Gasteiger partial charge in [-0.05, 0) is 60.4 Å². The number of hydrogen-bond acceptors (Lipinski definition) is 5. The molecule has 0 fully saturated rings. The second kappa shape index (κ2) is 13.9. The predicted octanol–water partition coefficient (Wildman–Crippen LogP) is 4.36. The number of amides is 2. The van der Waals surface area contributed by atoms with Crippen molar-refractivity contribution in [3.8, 4) is 5.75 Å². The summed E-state index contributed by atoms with van der Waals surface area (Å²) in [5.41, 5.74) is 1.87. The molecule has 0 unspecified atom stereocenters. The van der Waals surface area contributed by atoms with Crippen molar-refractivity contribution < 1.29 is 27.1 Å². The smallest absolute Gasteiger partial charge is 0.244 e. The first-order valence-corrected chi connectivity index (χ1v) is 14.8. The molecule has 10 heteroatoms. The highest BCUT2D eigenvalue weighted by Crippen LogP contribution is 2.23. The minimum atomic E-state index is -3.87. The van der Waals surface area contributed by atoms with Gasteiger partial charge < -0.3 is 15.0 Å². The Morgan fingerprint density at radius 2 is 1.52 bits per heavy atom. The van der Waals surface area contributed by atoms with E-state index in [0.29, 0.717) is 24.5 Å². The highest BCUT2D eigenvalue weighted by molar-refractivity contribution is 7.92. The quantitative estimate of drug-likeness (QED) is 0.330. The monoisotopic (exact) mass is 569 g/mol. The van der Waals surface area contributed by atoms with Gasteiger partial charge in [0.05, 0.1) is 11.9 Å². The van der Waals surface area contributed by atoms with E-state index in [9.17, 15) is 22.4 Å². The molecule has 214 valence electrons. The van der Waals surface area contributed by atoms with Crippen LogP contribution in [0.25, 0.3) is 0 Å². The molecular formula is C30H36FN3O5S. The molecule has 8 nitrogen and oxygen atoms in total. The number of ether oxygens (including phenoxy) is 1. The molecule has 3 aromatic carbocycles. The van der Waals surface area contributed by atoms with Gasteiger partial charge in [-0.1, -0.05) is 56.3 Å². The summed E-state index contributed by atoms with van der Waals surface area (Å²) in [6, 6.07) is 20.7. The highest BCUT2D eigenvalue weighted by atomic mass is 32.2. The Morgan fingerprint density at radius 1 is 0.900 bits per heavy atom. The normalized spacial score (nSPS) is 12.1. The van der Waals surface area contributed by atoms with Crippen LogP contribution in [-0.2, 0) is 32.8 Å². The molecule has 0 aliphatic heterocycles. The Hall–Kier alpha value is -3.92. The molecule has 0 bridgehead atoms. The molecule has 0 aliphatic carbocycles. The molecule has 0 heterocycles. The summed E-state index contributed by atoms with van der Waals surface area (Å²) in [5, 5.41) is 2.82. The third-order valence-electron chi connectivity index (χ3n) is 6.17. The second-order valence-electron chi connectivity index (χ2n) is 10.0. The van der Waals surface area contributed by atoms with Crippen molar-refractivity contribution in [3.63, 3.8) is 0 Å². The van der Waals surface area contributed by atoms with Gasteiger partial charge in [-0.2, -0.15) is 0 Å². The fourth-order valence-corrected chi connectivity index (χ4v) is 4.73. The minimum Gasteiger partial charge on any atom is -0.489 e. The Balaban J connectivity index is 1.80. The zero-order valence-electron chi connectivity index (χ0n) is 23.2. The van der Waals surface area contributed by atoms with Crippen LogP contribution in [-0.4, -0.2) is 50.5 Å².